The van der Waals surface area contributed by atoms with Gasteiger partial charge in [0.05, 0.1) is 0 Å². The maximum absolute atomic E-state index is 5.94. The monoisotopic (exact) mass is 219 g/mol. The Balaban J connectivity index is 2.10. The Hall–Kier alpha value is -0.930. The molecule has 88 valence electrons. The van der Waals surface area contributed by atoms with E-state index in [0.29, 0.717) is 11.8 Å². The number of rotatable bonds is 3. The topological polar surface area (TPSA) is 42.1 Å². The molecule has 0 saturated carbocycles. The van der Waals surface area contributed by atoms with Crippen molar-refractivity contribution in [1.82, 2.24) is 9.88 Å². The molecule has 1 aliphatic rings. The molecule has 1 saturated heterocycles. The van der Waals surface area contributed by atoms with Gasteiger partial charge in [0.25, 0.3) is 0 Å². The minimum atomic E-state index is 0.491. The van der Waals surface area contributed by atoms with E-state index in [-0.39, 0.29) is 0 Å². The van der Waals surface area contributed by atoms with Crippen molar-refractivity contribution in [2.75, 3.05) is 26.7 Å². The Morgan fingerprint density at radius 2 is 2.25 bits per heavy atom. The lowest BCUT2D eigenvalue weighted by Gasteiger charge is -2.34. The number of hydrogen-bond donors (Lipinski definition) is 1. The van der Waals surface area contributed by atoms with E-state index in [1.807, 2.05) is 12.4 Å². The third-order valence-electron chi connectivity index (χ3n) is 3.62. The third kappa shape index (κ3) is 2.60. The zero-order chi connectivity index (χ0) is 11.4. The van der Waals surface area contributed by atoms with Crippen molar-refractivity contribution in [1.29, 1.82) is 0 Å². The zero-order valence-electron chi connectivity index (χ0n) is 9.97. The quantitative estimate of drug-likeness (QED) is 0.837. The molecule has 1 aromatic heterocycles. The van der Waals surface area contributed by atoms with Gasteiger partial charge >= 0.3 is 0 Å². The summed E-state index contributed by atoms with van der Waals surface area (Å²) in [7, 11) is 2.20. The predicted octanol–water partition coefficient (Wildman–Crippen LogP) is 1.47. The van der Waals surface area contributed by atoms with Gasteiger partial charge in [-0.15, -0.1) is 0 Å². The van der Waals surface area contributed by atoms with Gasteiger partial charge in [-0.1, -0.05) is 0 Å². The number of likely N-dealkylation sites (tertiary alicyclic amines) is 1. The van der Waals surface area contributed by atoms with Gasteiger partial charge < -0.3 is 10.6 Å². The van der Waals surface area contributed by atoms with E-state index in [1.54, 1.807) is 0 Å². The lowest BCUT2D eigenvalue weighted by Crippen LogP contribution is -2.37. The van der Waals surface area contributed by atoms with Gasteiger partial charge in [-0.3, -0.25) is 4.98 Å². The van der Waals surface area contributed by atoms with E-state index in [0.717, 1.165) is 6.54 Å². The summed E-state index contributed by atoms with van der Waals surface area (Å²) in [4.78, 5) is 6.49. The predicted molar refractivity (Wildman–Crippen MR) is 66.3 cm³/mol. The molecule has 0 aliphatic carbocycles. The lowest BCUT2D eigenvalue weighted by atomic mass is 9.81. The first-order chi connectivity index (χ1) is 7.81. The minimum absolute atomic E-state index is 0.491. The van der Waals surface area contributed by atoms with Crippen LogP contribution in [0.3, 0.4) is 0 Å². The molecule has 2 rings (SSSR count). The summed E-state index contributed by atoms with van der Waals surface area (Å²) in [6, 6.07) is 4.21. The van der Waals surface area contributed by atoms with Gasteiger partial charge in [0.2, 0.25) is 0 Å². The molecule has 0 aromatic carbocycles. The second kappa shape index (κ2) is 5.41. The molecule has 1 fully saturated rings. The van der Waals surface area contributed by atoms with Gasteiger partial charge in [-0.05, 0) is 56.6 Å². The summed E-state index contributed by atoms with van der Waals surface area (Å²) in [6.07, 6.45) is 6.33. The summed E-state index contributed by atoms with van der Waals surface area (Å²) < 4.78 is 0. The van der Waals surface area contributed by atoms with Crippen molar-refractivity contribution in [3.05, 3.63) is 30.1 Å². The van der Waals surface area contributed by atoms with Crippen molar-refractivity contribution in [2.24, 2.45) is 11.7 Å². The molecule has 2 atom stereocenters. The molecule has 1 aromatic rings. The van der Waals surface area contributed by atoms with E-state index in [9.17, 15) is 0 Å². The highest BCUT2D eigenvalue weighted by atomic mass is 15.1. The summed E-state index contributed by atoms with van der Waals surface area (Å²) in [5, 5.41) is 0. The molecule has 2 unspecified atom stereocenters. The number of aromatic nitrogens is 1. The molecular formula is C13H21N3. The van der Waals surface area contributed by atoms with E-state index >= 15 is 0 Å². The van der Waals surface area contributed by atoms with Gasteiger partial charge in [-0.2, -0.15) is 0 Å². The number of nitrogens with zero attached hydrogens (tertiary/aromatic N) is 2. The molecule has 0 radical (unpaired) electrons. The van der Waals surface area contributed by atoms with Crippen molar-refractivity contribution < 1.29 is 0 Å². The summed E-state index contributed by atoms with van der Waals surface area (Å²) in [5.74, 6) is 1.19. The Morgan fingerprint density at radius 3 is 2.88 bits per heavy atom. The van der Waals surface area contributed by atoms with Crippen LogP contribution in [0.4, 0.5) is 0 Å². The van der Waals surface area contributed by atoms with Crippen molar-refractivity contribution in [2.45, 2.75) is 18.8 Å². The number of hydrogen-bond acceptors (Lipinski definition) is 3. The molecule has 2 heterocycles. The van der Waals surface area contributed by atoms with Crippen LogP contribution in [-0.4, -0.2) is 36.6 Å². The largest absolute Gasteiger partial charge is 0.330 e. The second-order valence-electron chi connectivity index (χ2n) is 4.79. The van der Waals surface area contributed by atoms with E-state index in [2.05, 4.69) is 29.1 Å². The van der Waals surface area contributed by atoms with Crippen LogP contribution in [0, 0.1) is 5.92 Å². The first kappa shape index (κ1) is 11.6. The van der Waals surface area contributed by atoms with Crippen molar-refractivity contribution in [3.63, 3.8) is 0 Å². The standard InChI is InChI=1S/C13H21N3/c1-16-8-2-3-12(10-16)13(9-14)11-4-6-15-7-5-11/h4-7,12-13H,2-3,8-10,14H2,1H3. The fourth-order valence-corrected chi connectivity index (χ4v) is 2.75. The van der Waals surface area contributed by atoms with Gasteiger partial charge in [0.15, 0.2) is 0 Å². The number of pyridine rings is 1. The van der Waals surface area contributed by atoms with Crippen LogP contribution < -0.4 is 5.73 Å². The van der Waals surface area contributed by atoms with Crippen LogP contribution in [0.15, 0.2) is 24.5 Å². The fraction of sp³-hybridized carbons (Fsp3) is 0.615. The van der Waals surface area contributed by atoms with Crippen molar-refractivity contribution in [3.8, 4) is 0 Å². The van der Waals surface area contributed by atoms with Crippen LogP contribution in [0.2, 0.25) is 0 Å². The molecule has 0 amide bonds. The average Bonchev–Trinajstić information content (AvgIpc) is 2.31. The molecule has 0 bridgehead atoms. The Labute approximate surface area is 97.7 Å². The Kier molecular flexibility index (Phi) is 3.91. The summed E-state index contributed by atoms with van der Waals surface area (Å²) in [5.41, 5.74) is 7.29. The average molecular weight is 219 g/mol. The molecule has 1 aliphatic heterocycles. The molecular weight excluding hydrogens is 198 g/mol. The highest BCUT2D eigenvalue weighted by Crippen LogP contribution is 2.30. The van der Waals surface area contributed by atoms with Crippen LogP contribution in [0.5, 0.6) is 0 Å². The van der Waals surface area contributed by atoms with Crippen molar-refractivity contribution >= 4 is 0 Å². The van der Waals surface area contributed by atoms with Crippen LogP contribution in [-0.2, 0) is 0 Å². The van der Waals surface area contributed by atoms with Crippen LogP contribution in [0.25, 0.3) is 0 Å². The van der Waals surface area contributed by atoms with Crippen LogP contribution >= 0.6 is 0 Å². The normalized spacial score (nSPS) is 24.2. The maximum atomic E-state index is 5.94. The third-order valence-corrected chi connectivity index (χ3v) is 3.62. The van der Waals surface area contributed by atoms with E-state index in [1.165, 1.54) is 31.5 Å². The lowest BCUT2D eigenvalue weighted by molar-refractivity contribution is 0.188. The van der Waals surface area contributed by atoms with Gasteiger partial charge in [-0.25, -0.2) is 0 Å². The summed E-state index contributed by atoms with van der Waals surface area (Å²) in [6.45, 7) is 3.14. The van der Waals surface area contributed by atoms with Gasteiger partial charge in [0, 0.05) is 24.9 Å². The molecule has 3 heteroatoms. The number of nitrogens with two attached hydrogens (primary N) is 1. The summed E-state index contributed by atoms with van der Waals surface area (Å²) >= 11 is 0. The first-order valence-electron chi connectivity index (χ1n) is 6.10. The van der Waals surface area contributed by atoms with E-state index < -0.39 is 0 Å². The Morgan fingerprint density at radius 1 is 1.50 bits per heavy atom. The molecule has 16 heavy (non-hydrogen) atoms. The fourth-order valence-electron chi connectivity index (χ4n) is 2.75. The van der Waals surface area contributed by atoms with Crippen LogP contribution in [0.1, 0.15) is 24.3 Å². The Bertz CT molecular complexity index is 312. The smallest absolute Gasteiger partial charge is 0.0270 e. The zero-order valence-corrected chi connectivity index (χ0v) is 9.97. The SMILES string of the molecule is CN1CCCC(C(CN)c2ccncc2)C1. The molecule has 3 nitrogen and oxygen atoms in total. The highest BCUT2D eigenvalue weighted by Gasteiger charge is 2.25. The second-order valence-corrected chi connectivity index (χ2v) is 4.79. The maximum Gasteiger partial charge on any atom is 0.0270 e. The minimum Gasteiger partial charge on any atom is -0.330 e. The van der Waals surface area contributed by atoms with E-state index in [4.69, 9.17) is 5.73 Å². The number of piperidine rings is 1. The first-order valence-corrected chi connectivity index (χ1v) is 6.10. The highest BCUT2D eigenvalue weighted by molar-refractivity contribution is 5.17. The molecule has 0 spiro atoms. The van der Waals surface area contributed by atoms with Gasteiger partial charge in [0.1, 0.15) is 0 Å². The molecule has 2 N–H and O–H groups in total.